The molecule has 0 unspecified atom stereocenters. The molecule has 0 aliphatic carbocycles. The van der Waals surface area contributed by atoms with E-state index >= 15 is 0 Å². The van der Waals surface area contributed by atoms with Crippen LogP contribution in [-0.2, 0) is 13.2 Å². The van der Waals surface area contributed by atoms with Crippen LogP contribution in [0.1, 0.15) is 16.8 Å². The van der Waals surface area contributed by atoms with Crippen LogP contribution in [0.5, 0.6) is 11.6 Å². The fourth-order valence-electron chi connectivity index (χ4n) is 2.71. The van der Waals surface area contributed by atoms with Crippen molar-refractivity contribution < 1.29 is 9.47 Å². The van der Waals surface area contributed by atoms with Gasteiger partial charge in [-0.05, 0) is 18.1 Å². The van der Waals surface area contributed by atoms with Crippen molar-refractivity contribution in [1.82, 2.24) is 9.97 Å². The Kier molecular flexibility index (Phi) is 6.02. The fourth-order valence-corrected chi connectivity index (χ4v) is 3.42. The molecule has 1 N–H and O–H groups in total. The third-order valence-corrected chi connectivity index (χ3v) is 5.02. The van der Waals surface area contributed by atoms with E-state index in [0.29, 0.717) is 24.8 Å². The highest BCUT2D eigenvalue weighted by molar-refractivity contribution is 7.13. The van der Waals surface area contributed by atoms with Crippen molar-refractivity contribution in [3.05, 3.63) is 95.1 Å². The van der Waals surface area contributed by atoms with E-state index in [1.807, 2.05) is 79.0 Å². The highest BCUT2D eigenvalue weighted by Gasteiger charge is 2.11. The molecule has 29 heavy (non-hydrogen) atoms. The molecule has 0 radical (unpaired) electrons. The molecule has 2 aromatic carbocycles. The molecule has 0 fully saturated rings. The normalized spacial score (nSPS) is 10.5. The standard InChI is InChI=1S/C23H21N3O2S/c1-17-16-29-23(25-17)26-20-12-21(27-14-18-8-4-2-5-9-18)22(24-13-20)28-15-19-10-6-3-7-11-19/h2-13,16H,14-15H2,1H3,(H,25,26). The predicted molar refractivity (Wildman–Crippen MR) is 116 cm³/mol. The second-order valence-electron chi connectivity index (χ2n) is 6.49. The minimum absolute atomic E-state index is 0.425. The molecule has 4 aromatic rings. The number of ether oxygens (including phenoxy) is 2. The van der Waals surface area contributed by atoms with Gasteiger partial charge in [0, 0.05) is 11.4 Å². The number of hydrogen-bond acceptors (Lipinski definition) is 6. The van der Waals surface area contributed by atoms with Crippen molar-refractivity contribution in [2.75, 3.05) is 5.32 Å². The van der Waals surface area contributed by atoms with E-state index in [-0.39, 0.29) is 0 Å². The monoisotopic (exact) mass is 403 g/mol. The Morgan fingerprint density at radius 3 is 2.17 bits per heavy atom. The van der Waals surface area contributed by atoms with Crippen LogP contribution in [0.4, 0.5) is 10.8 Å². The second kappa shape index (κ2) is 9.21. The summed E-state index contributed by atoms with van der Waals surface area (Å²) in [6.07, 6.45) is 1.73. The molecule has 146 valence electrons. The van der Waals surface area contributed by atoms with Gasteiger partial charge in [0.2, 0.25) is 0 Å². The van der Waals surface area contributed by atoms with Gasteiger partial charge >= 0.3 is 0 Å². The lowest BCUT2D eigenvalue weighted by Crippen LogP contribution is -2.03. The summed E-state index contributed by atoms with van der Waals surface area (Å²) in [7, 11) is 0. The third-order valence-electron chi connectivity index (χ3n) is 4.14. The van der Waals surface area contributed by atoms with Gasteiger partial charge in [0.25, 0.3) is 5.88 Å². The van der Waals surface area contributed by atoms with E-state index in [1.54, 1.807) is 17.5 Å². The molecule has 0 atom stereocenters. The molecule has 0 bridgehead atoms. The van der Waals surface area contributed by atoms with Crippen molar-refractivity contribution in [3.63, 3.8) is 0 Å². The number of rotatable bonds is 8. The maximum Gasteiger partial charge on any atom is 0.257 e. The first kappa shape index (κ1) is 19.0. The van der Waals surface area contributed by atoms with Crippen LogP contribution in [0.25, 0.3) is 0 Å². The Balaban J connectivity index is 1.53. The number of hydrogen-bond donors (Lipinski definition) is 1. The largest absolute Gasteiger partial charge is 0.483 e. The van der Waals surface area contributed by atoms with Crippen LogP contribution in [0.3, 0.4) is 0 Å². The zero-order chi connectivity index (χ0) is 19.9. The smallest absolute Gasteiger partial charge is 0.257 e. The maximum absolute atomic E-state index is 6.05. The summed E-state index contributed by atoms with van der Waals surface area (Å²) in [6.45, 7) is 2.83. The number of nitrogens with one attached hydrogen (secondary N) is 1. The highest BCUT2D eigenvalue weighted by Crippen LogP contribution is 2.31. The molecular formula is C23H21N3O2S. The summed E-state index contributed by atoms with van der Waals surface area (Å²) in [5.41, 5.74) is 3.93. The Hall–Kier alpha value is -3.38. The zero-order valence-electron chi connectivity index (χ0n) is 16.0. The minimum Gasteiger partial charge on any atom is -0.483 e. The van der Waals surface area contributed by atoms with Crippen molar-refractivity contribution in [1.29, 1.82) is 0 Å². The molecule has 0 amide bonds. The number of anilines is 2. The van der Waals surface area contributed by atoms with E-state index < -0.39 is 0 Å². The second-order valence-corrected chi connectivity index (χ2v) is 7.35. The van der Waals surface area contributed by atoms with Gasteiger partial charge in [-0.3, -0.25) is 0 Å². The van der Waals surface area contributed by atoms with Crippen LogP contribution < -0.4 is 14.8 Å². The van der Waals surface area contributed by atoms with Gasteiger partial charge in [-0.25, -0.2) is 9.97 Å². The SMILES string of the molecule is Cc1csc(Nc2cnc(OCc3ccccc3)c(OCc3ccccc3)c2)n1. The Morgan fingerprint density at radius 2 is 1.55 bits per heavy atom. The predicted octanol–water partition coefficient (Wildman–Crippen LogP) is 5.75. The molecule has 6 heteroatoms. The summed E-state index contributed by atoms with van der Waals surface area (Å²) in [4.78, 5) is 8.91. The molecule has 0 spiro atoms. The van der Waals surface area contributed by atoms with Crippen LogP contribution in [0.2, 0.25) is 0 Å². The van der Waals surface area contributed by atoms with Gasteiger partial charge < -0.3 is 14.8 Å². The lowest BCUT2D eigenvalue weighted by Gasteiger charge is -2.14. The van der Waals surface area contributed by atoms with Gasteiger partial charge in [0.1, 0.15) is 13.2 Å². The molecular weight excluding hydrogens is 382 g/mol. The van der Waals surface area contributed by atoms with Crippen molar-refractivity contribution in [2.45, 2.75) is 20.1 Å². The summed E-state index contributed by atoms with van der Waals surface area (Å²) >= 11 is 1.55. The van der Waals surface area contributed by atoms with Crippen LogP contribution in [-0.4, -0.2) is 9.97 Å². The molecule has 4 rings (SSSR count). The molecule has 0 aliphatic heterocycles. The van der Waals surface area contributed by atoms with Gasteiger partial charge in [0.15, 0.2) is 10.9 Å². The Bertz CT molecular complexity index is 1050. The average molecular weight is 404 g/mol. The summed E-state index contributed by atoms with van der Waals surface area (Å²) in [5.74, 6) is 1.05. The lowest BCUT2D eigenvalue weighted by molar-refractivity contribution is 0.247. The first-order valence-corrected chi connectivity index (χ1v) is 10.2. The Morgan fingerprint density at radius 1 is 0.897 bits per heavy atom. The number of aryl methyl sites for hydroxylation is 1. The summed E-state index contributed by atoms with van der Waals surface area (Å²) in [6, 6.07) is 21.9. The van der Waals surface area contributed by atoms with Crippen molar-refractivity contribution in [2.24, 2.45) is 0 Å². The number of thiazole rings is 1. The number of aromatic nitrogens is 2. The van der Waals surface area contributed by atoms with E-state index in [4.69, 9.17) is 9.47 Å². The molecule has 0 saturated heterocycles. The molecule has 0 saturated carbocycles. The first-order valence-electron chi connectivity index (χ1n) is 9.29. The van der Waals surface area contributed by atoms with Crippen LogP contribution >= 0.6 is 11.3 Å². The zero-order valence-corrected chi connectivity index (χ0v) is 16.9. The van der Waals surface area contributed by atoms with E-state index in [0.717, 1.165) is 27.6 Å². The lowest BCUT2D eigenvalue weighted by atomic mass is 10.2. The van der Waals surface area contributed by atoms with Gasteiger partial charge in [0.05, 0.1) is 17.6 Å². The van der Waals surface area contributed by atoms with Crippen molar-refractivity contribution in [3.8, 4) is 11.6 Å². The average Bonchev–Trinajstić information content (AvgIpc) is 3.17. The van der Waals surface area contributed by atoms with E-state index in [1.165, 1.54) is 0 Å². The van der Waals surface area contributed by atoms with Crippen LogP contribution in [0, 0.1) is 6.92 Å². The van der Waals surface area contributed by atoms with Crippen molar-refractivity contribution >= 4 is 22.2 Å². The first-order chi connectivity index (χ1) is 14.3. The van der Waals surface area contributed by atoms with E-state index in [2.05, 4.69) is 15.3 Å². The van der Waals surface area contributed by atoms with Gasteiger partial charge in [-0.15, -0.1) is 11.3 Å². The van der Waals surface area contributed by atoms with E-state index in [9.17, 15) is 0 Å². The van der Waals surface area contributed by atoms with Crippen LogP contribution in [0.15, 0.2) is 78.3 Å². The number of benzene rings is 2. The summed E-state index contributed by atoms with van der Waals surface area (Å²) < 4.78 is 12.0. The fraction of sp³-hybridized carbons (Fsp3) is 0.130. The highest BCUT2D eigenvalue weighted by atomic mass is 32.1. The number of nitrogens with zero attached hydrogens (tertiary/aromatic N) is 2. The molecule has 5 nitrogen and oxygen atoms in total. The molecule has 2 aromatic heterocycles. The summed E-state index contributed by atoms with van der Waals surface area (Å²) in [5, 5.41) is 6.09. The van der Waals surface area contributed by atoms with Gasteiger partial charge in [-0.2, -0.15) is 0 Å². The maximum atomic E-state index is 6.05. The quantitative estimate of drug-likeness (QED) is 0.406. The minimum atomic E-state index is 0.425. The topological polar surface area (TPSA) is 56.3 Å². The van der Waals surface area contributed by atoms with Gasteiger partial charge in [-0.1, -0.05) is 60.7 Å². The Labute approximate surface area is 174 Å². The third kappa shape index (κ3) is 5.33. The molecule has 2 heterocycles. The molecule has 0 aliphatic rings. The number of pyridine rings is 1.